The largest absolute Gasteiger partial charge is 0.371 e. The Morgan fingerprint density at radius 3 is 2.38 bits per heavy atom. The van der Waals surface area contributed by atoms with Crippen LogP contribution in [0.4, 0.5) is 5.69 Å². The molecule has 3 aromatic rings. The first kappa shape index (κ1) is 24.0. The fourth-order valence-electron chi connectivity index (χ4n) is 4.30. The summed E-state index contributed by atoms with van der Waals surface area (Å²) in [6.45, 7) is 4.53. The average molecular weight is 478 g/mol. The molecular weight excluding hydrogens is 446 g/mol. The van der Waals surface area contributed by atoms with E-state index in [1.54, 1.807) is 24.1 Å². The smallest absolute Gasteiger partial charge is 0.254 e. The van der Waals surface area contributed by atoms with Gasteiger partial charge in [0, 0.05) is 44.5 Å². The predicted molar refractivity (Wildman–Crippen MR) is 135 cm³/mol. The van der Waals surface area contributed by atoms with Gasteiger partial charge in [-0.15, -0.1) is 0 Å². The van der Waals surface area contributed by atoms with Gasteiger partial charge in [0.25, 0.3) is 5.91 Å². The number of benzene rings is 3. The molecule has 1 saturated heterocycles. The summed E-state index contributed by atoms with van der Waals surface area (Å²) in [5, 5.41) is 0. The van der Waals surface area contributed by atoms with Crippen LogP contribution in [-0.4, -0.2) is 39.4 Å². The second kappa shape index (κ2) is 10.4. The highest BCUT2D eigenvalue weighted by Gasteiger charge is 2.22. The van der Waals surface area contributed by atoms with Crippen LogP contribution in [0, 0.1) is 6.92 Å². The van der Waals surface area contributed by atoms with Gasteiger partial charge in [-0.25, -0.2) is 13.1 Å². The number of carbonyl (C=O) groups excluding carboxylic acids is 1. The molecule has 34 heavy (non-hydrogen) atoms. The fraction of sp³-hybridized carbons (Fsp3) is 0.296. The van der Waals surface area contributed by atoms with E-state index < -0.39 is 10.0 Å². The molecule has 0 bridgehead atoms. The Labute approximate surface area is 202 Å². The molecular formula is C27H31N3O3S. The van der Waals surface area contributed by atoms with Gasteiger partial charge in [0.15, 0.2) is 0 Å². The fourth-order valence-corrected chi connectivity index (χ4v) is 5.34. The van der Waals surface area contributed by atoms with E-state index in [0.717, 1.165) is 35.5 Å². The van der Waals surface area contributed by atoms with Crippen molar-refractivity contribution in [3.63, 3.8) is 0 Å². The molecule has 1 aliphatic rings. The van der Waals surface area contributed by atoms with Crippen molar-refractivity contribution in [3.8, 4) is 0 Å². The molecule has 1 heterocycles. The monoisotopic (exact) mass is 477 g/mol. The van der Waals surface area contributed by atoms with E-state index in [1.807, 2.05) is 49.4 Å². The predicted octanol–water partition coefficient (Wildman–Crippen LogP) is 4.35. The second-order valence-electron chi connectivity index (χ2n) is 8.77. The third kappa shape index (κ3) is 5.48. The Bertz CT molecular complexity index is 1250. The number of carbonyl (C=O) groups is 1. The lowest BCUT2D eigenvalue weighted by Gasteiger charge is -2.25. The summed E-state index contributed by atoms with van der Waals surface area (Å²) < 4.78 is 28.4. The Kier molecular flexibility index (Phi) is 7.34. The highest BCUT2D eigenvalue weighted by atomic mass is 32.2. The van der Waals surface area contributed by atoms with Gasteiger partial charge < -0.3 is 9.80 Å². The van der Waals surface area contributed by atoms with Crippen LogP contribution < -0.4 is 9.62 Å². The van der Waals surface area contributed by atoms with Crippen LogP contribution in [0.5, 0.6) is 0 Å². The summed E-state index contributed by atoms with van der Waals surface area (Å²) in [7, 11) is -2.00. The van der Waals surface area contributed by atoms with Crippen LogP contribution in [0.2, 0.25) is 0 Å². The van der Waals surface area contributed by atoms with Crippen molar-refractivity contribution in [2.75, 3.05) is 25.0 Å². The first-order valence-corrected chi connectivity index (χ1v) is 13.1. The van der Waals surface area contributed by atoms with Gasteiger partial charge in [0.2, 0.25) is 10.0 Å². The third-order valence-electron chi connectivity index (χ3n) is 6.25. The zero-order valence-corrected chi connectivity index (χ0v) is 20.5. The van der Waals surface area contributed by atoms with Crippen molar-refractivity contribution in [1.82, 2.24) is 9.62 Å². The molecule has 0 unspecified atom stereocenters. The topological polar surface area (TPSA) is 69.7 Å². The molecule has 7 heteroatoms. The molecule has 1 amide bonds. The maximum Gasteiger partial charge on any atom is 0.254 e. The summed E-state index contributed by atoms with van der Waals surface area (Å²) in [5.41, 5.74) is 4.25. The van der Waals surface area contributed by atoms with Crippen molar-refractivity contribution in [2.24, 2.45) is 0 Å². The van der Waals surface area contributed by atoms with Gasteiger partial charge in [0.1, 0.15) is 0 Å². The molecule has 0 atom stereocenters. The minimum Gasteiger partial charge on any atom is -0.371 e. The van der Waals surface area contributed by atoms with Crippen molar-refractivity contribution >= 4 is 21.6 Å². The van der Waals surface area contributed by atoms with E-state index in [4.69, 9.17) is 0 Å². The number of anilines is 1. The molecule has 4 rings (SSSR count). The number of hydrogen-bond acceptors (Lipinski definition) is 4. The van der Waals surface area contributed by atoms with E-state index in [1.165, 1.54) is 18.9 Å². The van der Waals surface area contributed by atoms with E-state index in [9.17, 15) is 13.2 Å². The maximum absolute atomic E-state index is 13.4. The number of nitrogens with one attached hydrogen (secondary N) is 1. The number of sulfonamides is 1. The molecule has 1 N–H and O–H groups in total. The number of nitrogens with zero attached hydrogens (tertiary/aromatic N) is 2. The molecule has 0 aromatic heterocycles. The first-order valence-electron chi connectivity index (χ1n) is 11.6. The minimum atomic E-state index is -3.76. The number of amides is 1. The normalized spacial score (nSPS) is 13.8. The first-order chi connectivity index (χ1) is 16.3. The molecule has 1 fully saturated rings. The number of rotatable bonds is 8. The van der Waals surface area contributed by atoms with Gasteiger partial charge in [0.05, 0.1) is 4.90 Å². The van der Waals surface area contributed by atoms with Gasteiger partial charge >= 0.3 is 0 Å². The Morgan fingerprint density at radius 1 is 0.971 bits per heavy atom. The lowest BCUT2D eigenvalue weighted by atomic mass is 10.1. The molecule has 0 radical (unpaired) electrons. The van der Waals surface area contributed by atoms with Crippen LogP contribution in [0.15, 0.2) is 77.7 Å². The van der Waals surface area contributed by atoms with Gasteiger partial charge in [-0.05, 0) is 54.7 Å². The van der Waals surface area contributed by atoms with Gasteiger partial charge in [-0.2, -0.15) is 0 Å². The Morgan fingerprint density at radius 2 is 1.65 bits per heavy atom. The van der Waals surface area contributed by atoms with E-state index in [-0.39, 0.29) is 17.3 Å². The van der Waals surface area contributed by atoms with E-state index in [0.29, 0.717) is 12.1 Å². The standard InChI is InChI=1S/C27H31N3O3S/c1-21-14-15-24(34(32,33)28-19-22-10-4-3-5-11-22)18-25(21)27(31)29(2)20-23-12-6-7-13-26(23)30-16-8-9-17-30/h3-7,10-15,18,28H,8-9,16-17,19-20H2,1-2H3. The quantitative estimate of drug-likeness (QED) is 0.524. The average Bonchev–Trinajstić information content (AvgIpc) is 3.38. The maximum atomic E-state index is 13.4. The molecule has 0 saturated carbocycles. The van der Waals surface area contributed by atoms with E-state index >= 15 is 0 Å². The lowest BCUT2D eigenvalue weighted by molar-refractivity contribution is 0.0784. The number of aryl methyl sites for hydroxylation is 1. The second-order valence-corrected chi connectivity index (χ2v) is 10.5. The molecule has 6 nitrogen and oxygen atoms in total. The molecule has 178 valence electrons. The van der Waals surface area contributed by atoms with Crippen molar-refractivity contribution in [3.05, 3.63) is 95.1 Å². The highest BCUT2D eigenvalue weighted by Crippen LogP contribution is 2.26. The summed E-state index contributed by atoms with van der Waals surface area (Å²) in [6.07, 6.45) is 2.36. The number of para-hydroxylation sites is 1. The van der Waals surface area contributed by atoms with Crippen LogP contribution in [-0.2, 0) is 23.1 Å². The van der Waals surface area contributed by atoms with Gasteiger partial charge in [-0.1, -0.05) is 54.6 Å². The molecule has 0 spiro atoms. The van der Waals surface area contributed by atoms with E-state index in [2.05, 4.69) is 21.8 Å². The summed E-state index contributed by atoms with van der Waals surface area (Å²) >= 11 is 0. The molecule has 0 aliphatic carbocycles. The molecule has 3 aromatic carbocycles. The Hall–Kier alpha value is -3.16. The summed E-state index contributed by atoms with van der Waals surface area (Å²) in [4.78, 5) is 17.5. The van der Waals surface area contributed by atoms with Crippen LogP contribution in [0.3, 0.4) is 0 Å². The SMILES string of the molecule is Cc1ccc(S(=O)(=O)NCc2ccccc2)cc1C(=O)N(C)Cc1ccccc1N1CCCC1. The summed E-state index contributed by atoms with van der Waals surface area (Å²) in [5.74, 6) is -0.200. The van der Waals surface area contributed by atoms with Crippen LogP contribution in [0.1, 0.15) is 39.9 Å². The zero-order valence-electron chi connectivity index (χ0n) is 19.7. The highest BCUT2D eigenvalue weighted by molar-refractivity contribution is 7.89. The van der Waals surface area contributed by atoms with Crippen LogP contribution in [0.25, 0.3) is 0 Å². The van der Waals surface area contributed by atoms with Crippen molar-refractivity contribution in [1.29, 1.82) is 0 Å². The van der Waals surface area contributed by atoms with Crippen molar-refractivity contribution in [2.45, 2.75) is 37.8 Å². The Balaban J connectivity index is 1.52. The lowest BCUT2D eigenvalue weighted by Crippen LogP contribution is -2.29. The van der Waals surface area contributed by atoms with Crippen molar-refractivity contribution < 1.29 is 13.2 Å². The summed E-state index contributed by atoms with van der Waals surface area (Å²) in [6, 6.07) is 22.2. The third-order valence-corrected chi connectivity index (χ3v) is 7.65. The minimum absolute atomic E-state index is 0.0863. The van der Waals surface area contributed by atoms with Crippen LogP contribution >= 0.6 is 0 Å². The number of hydrogen-bond donors (Lipinski definition) is 1. The van der Waals surface area contributed by atoms with Gasteiger partial charge in [-0.3, -0.25) is 4.79 Å². The molecule has 1 aliphatic heterocycles. The zero-order chi connectivity index (χ0) is 24.1.